The standard InChI is InChI=1S/C21H30ClN3O3/c22-16-5-4-8-19(15-16)28-14-11-20(26)23-18-9-12-25(13-10-18)21(27)24-17-6-2-1-3-7-17/h4-5,8,15,17-18H,1-3,6-7,9-14H2,(H,23,26)(H,24,27). The Kier molecular flexibility index (Phi) is 7.83. The topological polar surface area (TPSA) is 70.7 Å². The van der Waals surface area contributed by atoms with Crippen LogP contribution in [-0.2, 0) is 4.79 Å². The number of likely N-dealkylation sites (tertiary alicyclic amines) is 1. The van der Waals surface area contributed by atoms with Crippen molar-refractivity contribution in [3.63, 3.8) is 0 Å². The summed E-state index contributed by atoms with van der Waals surface area (Å²) in [6.45, 7) is 1.68. The zero-order valence-electron chi connectivity index (χ0n) is 16.3. The number of carbonyl (C=O) groups is 2. The fourth-order valence-corrected chi connectivity index (χ4v) is 4.04. The van der Waals surface area contributed by atoms with Crippen LogP contribution in [0.2, 0.25) is 5.02 Å². The van der Waals surface area contributed by atoms with E-state index in [1.807, 2.05) is 17.0 Å². The zero-order chi connectivity index (χ0) is 19.8. The maximum Gasteiger partial charge on any atom is 0.317 e. The Bertz CT molecular complexity index is 656. The summed E-state index contributed by atoms with van der Waals surface area (Å²) in [6, 6.07) is 7.65. The van der Waals surface area contributed by atoms with Crippen LogP contribution in [0.25, 0.3) is 0 Å². The fourth-order valence-electron chi connectivity index (χ4n) is 3.86. The molecule has 1 saturated carbocycles. The maximum atomic E-state index is 12.4. The van der Waals surface area contributed by atoms with E-state index in [1.165, 1.54) is 19.3 Å². The average molecular weight is 408 g/mol. The summed E-state index contributed by atoms with van der Waals surface area (Å²) in [7, 11) is 0. The van der Waals surface area contributed by atoms with E-state index in [2.05, 4.69) is 10.6 Å². The quantitative estimate of drug-likeness (QED) is 0.754. The number of carbonyl (C=O) groups excluding carboxylic acids is 2. The minimum absolute atomic E-state index is 0.0212. The van der Waals surface area contributed by atoms with Crippen molar-refractivity contribution < 1.29 is 14.3 Å². The predicted molar refractivity (Wildman–Crippen MR) is 110 cm³/mol. The first-order chi connectivity index (χ1) is 13.6. The second kappa shape index (κ2) is 10.6. The highest BCUT2D eigenvalue weighted by molar-refractivity contribution is 6.30. The second-order valence-electron chi connectivity index (χ2n) is 7.67. The Morgan fingerprint density at radius 2 is 1.75 bits per heavy atom. The molecule has 1 aromatic carbocycles. The Labute approximate surface area is 171 Å². The number of piperidine rings is 1. The normalized spacial score (nSPS) is 18.5. The number of hydrogen-bond donors (Lipinski definition) is 2. The molecule has 0 spiro atoms. The van der Waals surface area contributed by atoms with E-state index in [-0.39, 0.29) is 18.0 Å². The number of benzene rings is 1. The molecule has 0 atom stereocenters. The molecule has 0 bridgehead atoms. The average Bonchev–Trinajstić information content (AvgIpc) is 2.69. The summed E-state index contributed by atoms with van der Waals surface area (Å²) in [6.07, 6.45) is 7.76. The Balaban J connectivity index is 1.31. The maximum absolute atomic E-state index is 12.4. The van der Waals surface area contributed by atoms with Crippen molar-refractivity contribution in [1.82, 2.24) is 15.5 Å². The van der Waals surface area contributed by atoms with Gasteiger partial charge < -0.3 is 20.3 Å². The van der Waals surface area contributed by atoms with Gasteiger partial charge in [-0.3, -0.25) is 4.79 Å². The Hall–Kier alpha value is -1.95. The number of ether oxygens (including phenoxy) is 1. The van der Waals surface area contributed by atoms with E-state index in [9.17, 15) is 9.59 Å². The van der Waals surface area contributed by atoms with Crippen LogP contribution in [0.5, 0.6) is 5.75 Å². The molecule has 1 saturated heterocycles. The van der Waals surface area contributed by atoms with Crippen LogP contribution in [-0.4, -0.2) is 48.6 Å². The first-order valence-corrected chi connectivity index (χ1v) is 10.7. The van der Waals surface area contributed by atoms with Gasteiger partial charge in [-0.2, -0.15) is 0 Å². The third kappa shape index (κ3) is 6.59. The molecule has 2 aliphatic rings. The lowest BCUT2D eigenvalue weighted by molar-refractivity contribution is -0.122. The summed E-state index contributed by atoms with van der Waals surface area (Å²) in [5, 5.41) is 6.83. The summed E-state index contributed by atoms with van der Waals surface area (Å²) in [5.74, 6) is 0.643. The minimum atomic E-state index is -0.0212. The molecule has 3 amide bonds. The van der Waals surface area contributed by atoms with Gasteiger partial charge in [0.05, 0.1) is 13.0 Å². The highest BCUT2D eigenvalue weighted by Crippen LogP contribution is 2.19. The second-order valence-corrected chi connectivity index (χ2v) is 8.11. The molecule has 1 heterocycles. The van der Waals surface area contributed by atoms with Crippen molar-refractivity contribution in [3.8, 4) is 5.75 Å². The fraction of sp³-hybridized carbons (Fsp3) is 0.619. The van der Waals surface area contributed by atoms with Gasteiger partial charge in [0.25, 0.3) is 0 Å². The van der Waals surface area contributed by atoms with Crippen LogP contribution in [0.1, 0.15) is 51.4 Å². The van der Waals surface area contributed by atoms with E-state index in [0.29, 0.717) is 42.9 Å². The number of rotatable bonds is 6. The monoisotopic (exact) mass is 407 g/mol. The van der Waals surface area contributed by atoms with Gasteiger partial charge >= 0.3 is 6.03 Å². The largest absolute Gasteiger partial charge is 0.493 e. The van der Waals surface area contributed by atoms with E-state index in [0.717, 1.165) is 25.7 Å². The number of urea groups is 1. The highest BCUT2D eigenvalue weighted by Gasteiger charge is 2.25. The number of nitrogens with zero attached hydrogens (tertiary/aromatic N) is 1. The number of amides is 3. The van der Waals surface area contributed by atoms with Gasteiger partial charge in [-0.05, 0) is 43.9 Å². The molecule has 0 radical (unpaired) electrons. The lowest BCUT2D eigenvalue weighted by atomic mass is 9.95. The Morgan fingerprint density at radius 3 is 2.46 bits per heavy atom. The SMILES string of the molecule is O=C(CCOc1cccc(Cl)c1)NC1CCN(C(=O)NC2CCCCC2)CC1. The van der Waals surface area contributed by atoms with Crippen LogP contribution in [0, 0.1) is 0 Å². The van der Waals surface area contributed by atoms with E-state index in [4.69, 9.17) is 16.3 Å². The molecule has 3 rings (SSSR count). The van der Waals surface area contributed by atoms with E-state index >= 15 is 0 Å². The minimum Gasteiger partial charge on any atom is -0.493 e. The first-order valence-electron chi connectivity index (χ1n) is 10.3. The van der Waals surface area contributed by atoms with Gasteiger partial charge in [0, 0.05) is 30.2 Å². The predicted octanol–water partition coefficient (Wildman–Crippen LogP) is 3.73. The molecular weight excluding hydrogens is 378 g/mol. The van der Waals surface area contributed by atoms with Gasteiger partial charge in [-0.25, -0.2) is 4.79 Å². The molecule has 6 nitrogen and oxygen atoms in total. The molecule has 0 unspecified atom stereocenters. The van der Waals surface area contributed by atoms with Gasteiger partial charge in [-0.15, -0.1) is 0 Å². The molecule has 7 heteroatoms. The van der Waals surface area contributed by atoms with Crippen molar-refractivity contribution in [2.75, 3.05) is 19.7 Å². The summed E-state index contributed by atoms with van der Waals surface area (Å²) in [5.41, 5.74) is 0. The molecule has 2 fully saturated rings. The van der Waals surface area contributed by atoms with Crippen molar-refractivity contribution in [2.24, 2.45) is 0 Å². The molecule has 154 valence electrons. The molecule has 28 heavy (non-hydrogen) atoms. The van der Waals surface area contributed by atoms with Crippen molar-refractivity contribution >= 4 is 23.5 Å². The molecule has 0 aromatic heterocycles. The van der Waals surface area contributed by atoms with E-state index in [1.54, 1.807) is 12.1 Å². The van der Waals surface area contributed by atoms with Crippen LogP contribution in [0.3, 0.4) is 0 Å². The van der Waals surface area contributed by atoms with Crippen LogP contribution in [0.15, 0.2) is 24.3 Å². The van der Waals surface area contributed by atoms with Gasteiger partial charge in [0.1, 0.15) is 5.75 Å². The molecule has 2 N–H and O–H groups in total. The molecule has 1 aliphatic carbocycles. The molecule has 1 aliphatic heterocycles. The third-order valence-corrected chi connectivity index (χ3v) is 5.71. The number of hydrogen-bond acceptors (Lipinski definition) is 3. The van der Waals surface area contributed by atoms with E-state index < -0.39 is 0 Å². The zero-order valence-corrected chi connectivity index (χ0v) is 17.0. The number of nitrogens with one attached hydrogen (secondary N) is 2. The summed E-state index contributed by atoms with van der Waals surface area (Å²) in [4.78, 5) is 26.4. The summed E-state index contributed by atoms with van der Waals surface area (Å²) >= 11 is 5.91. The lowest BCUT2D eigenvalue weighted by Gasteiger charge is -2.34. The van der Waals surface area contributed by atoms with Crippen LogP contribution < -0.4 is 15.4 Å². The first kappa shape index (κ1) is 20.8. The smallest absolute Gasteiger partial charge is 0.317 e. The van der Waals surface area contributed by atoms with Crippen molar-refractivity contribution in [2.45, 2.75) is 63.5 Å². The van der Waals surface area contributed by atoms with Gasteiger partial charge in [-0.1, -0.05) is 36.9 Å². The third-order valence-electron chi connectivity index (χ3n) is 5.47. The van der Waals surface area contributed by atoms with Crippen molar-refractivity contribution in [3.05, 3.63) is 29.3 Å². The van der Waals surface area contributed by atoms with Crippen LogP contribution in [0.4, 0.5) is 4.79 Å². The number of halogens is 1. The lowest BCUT2D eigenvalue weighted by Crippen LogP contribution is -2.51. The Morgan fingerprint density at radius 1 is 1.04 bits per heavy atom. The van der Waals surface area contributed by atoms with Gasteiger partial charge in [0.15, 0.2) is 0 Å². The van der Waals surface area contributed by atoms with Crippen LogP contribution >= 0.6 is 11.6 Å². The molecular formula is C21H30ClN3O3. The molecule has 1 aromatic rings. The highest BCUT2D eigenvalue weighted by atomic mass is 35.5. The summed E-state index contributed by atoms with van der Waals surface area (Å²) < 4.78 is 5.56. The van der Waals surface area contributed by atoms with Gasteiger partial charge in [0.2, 0.25) is 5.91 Å². The van der Waals surface area contributed by atoms with Crippen molar-refractivity contribution in [1.29, 1.82) is 0 Å².